The molecule has 0 atom stereocenters. The maximum absolute atomic E-state index is 11.5. The highest BCUT2D eigenvalue weighted by atomic mass is 79.9. The second-order valence-corrected chi connectivity index (χ2v) is 3.86. The number of hydrogen-bond acceptors (Lipinski definition) is 3. The fourth-order valence-electron chi connectivity index (χ4n) is 1.03. The molecule has 0 spiro atoms. The zero-order valence-electron chi connectivity index (χ0n) is 8.79. The van der Waals surface area contributed by atoms with E-state index in [9.17, 15) is 9.59 Å². The quantitative estimate of drug-likeness (QED) is 0.801. The van der Waals surface area contributed by atoms with Crippen molar-refractivity contribution in [2.75, 3.05) is 13.6 Å². The molecule has 0 saturated heterocycles. The summed E-state index contributed by atoms with van der Waals surface area (Å²) in [5.41, 5.74) is 0.472. The third kappa shape index (κ3) is 3.98. The van der Waals surface area contributed by atoms with Gasteiger partial charge in [-0.25, -0.2) is 4.98 Å². The van der Waals surface area contributed by atoms with E-state index in [-0.39, 0.29) is 18.2 Å². The van der Waals surface area contributed by atoms with E-state index < -0.39 is 0 Å². The Morgan fingerprint density at radius 3 is 2.75 bits per heavy atom. The third-order valence-corrected chi connectivity index (χ3v) is 2.38. The van der Waals surface area contributed by atoms with Crippen molar-refractivity contribution in [3.05, 3.63) is 28.5 Å². The molecule has 0 aromatic carbocycles. The zero-order chi connectivity index (χ0) is 12.0. The van der Waals surface area contributed by atoms with E-state index in [2.05, 4.69) is 31.5 Å². The van der Waals surface area contributed by atoms with Crippen molar-refractivity contribution in [3.63, 3.8) is 0 Å². The molecule has 0 aliphatic rings. The smallest absolute Gasteiger partial charge is 0.252 e. The van der Waals surface area contributed by atoms with Gasteiger partial charge < -0.3 is 10.6 Å². The summed E-state index contributed by atoms with van der Waals surface area (Å²) in [6.07, 6.45) is 1.74. The van der Waals surface area contributed by atoms with Crippen LogP contribution in [0, 0.1) is 0 Å². The highest BCUT2D eigenvalue weighted by molar-refractivity contribution is 9.10. The summed E-state index contributed by atoms with van der Waals surface area (Å²) in [6, 6.07) is 3.35. The second-order valence-electron chi connectivity index (χ2n) is 3.05. The predicted octanol–water partition coefficient (Wildman–Crippen LogP) is 0.710. The molecule has 1 rings (SSSR count). The molecule has 5 nitrogen and oxygen atoms in total. The van der Waals surface area contributed by atoms with Crippen LogP contribution in [-0.4, -0.2) is 30.4 Å². The van der Waals surface area contributed by atoms with Gasteiger partial charge in [0.2, 0.25) is 5.91 Å². The van der Waals surface area contributed by atoms with Crippen LogP contribution in [0.1, 0.15) is 16.8 Å². The van der Waals surface area contributed by atoms with Crippen LogP contribution in [-0.2, 0) is 4.79 Å². The SMILES string of the molecule is CNC(=O)CCNC(=O)c1ccc(Br)nc1. The Morgan fingerprint density at radius 1 is 1.44 bits per heavy atom. The van der Waals surface area contributed by atoms with Crippen molar-refractivity contribution >= 4 is 27.7 Å². The van der Waals surface area contributed by atoms with Crippen LogP contribution in [0.3, 0.4) is 0 Å². The lowest BCUT2D eigenvalue weighted by Crippen LogP contribution is -2.29. The number of aromatic nitrogens is 1. The summed E-state index contributed by atoms with van der Waals surface area (Å²) in [4.78, 5) is 26.4. The zero-order valence-corrected chi connectivity index (χ0v) is 10.4. The first-order valence-electron chi connectivity index (χ1n) is 4.74. The normalized spacial score (nSPS) is 9.62. The average molecular weight is 286 g/mol. The molecule has 0 bridgehead atoms. The minimum absolute atomic E-state index is 0.103. The van der Waals surface area contributed by atoms with E-state index in [1.54, 1.807) is 19.2 Å². The van der Waals surface area contributed by atoms with Gasteiger partial charge in [0, 0.05) is 26.2 Å². The van der Waals surface area contributed by atoms with Gasteiger partial charge in [-0.1, -0.05) is 0 Å². The number of rotatable bonds is 4. The molecule has 0 fully saturated rings. The maximum Gasteiger partial charge on any atom is 0.252 e. The Bertz CT molecular complexity index is 378. The molecule has 0 radical (unpaired) electrons. The predicted molar refractivity (Wildman–Crippen MR) is 63.0 cm³/mol. The average Bonchev–Trinajstić information content (AvgIpc) is 2.29. The van der Waals surface area contributed by atoms with Crippen molar-refractivity contribution in [2.45, 2.75) is 6.42 Å². The Labute approximate surface area is 102 Å². The van der Waals surface area contributed by atoms with Gasteiger partial charge in [-0.15, -0.1) is 0 Å². The minimum atomic E-state index is -0.232. The molecule has 0 aliphatic heterocycles. The number of pyridine rings is 1. The number of nitrogens with one attached hydrogen (secondary N) is 2. The monoisotopic (exact) mass is 285 g/mol. The van der Waals surface area contributed by atoms with Crippen LogP contribution in [0.2, 0.25) is 0 Å². The standard InChI is InChI=1S/C10H12BrN3O2/c1-12-9(15)4-5-13-10(16)7-2-3-8(11)14-6-7/h2-3,6H,4-5H2,1H3,(H,12,15)(H,13,16). The molecule has 1 heterocycles. The van der Waals surface area contributed by atoms with E-state index in [1.807, 2.05) is 0 Å². The maximum atomic E-state index is 11.5. The fraction of sp³-hybridized carbons (Fsp3) is 0.300. The Kier molecular flexibility index (Phi) is 4.91. The molecule has 1 aromatic rings. The van der Waals surface area contributed by atoms with Crippen molar-refractivity contribution in [1.82, 2.24) is 15.6 Å². The lowest BCUT2D eigenvalue weighted by Gasteiger charge is -2.04. The first kappa shape index (κ1) is 12.6. The molecular formula is C10H12BrN3O2. The van der Waals surface area contributed by atoms with Crippen LogP contribution < -0.4 is 10.6 Å². The van der Waals surface area contributed by atoms with Gasteiger partial charge in [0.05, 0.1) is 5.56 Å². The van der Waals surface area contributed by atoms with Gasteiger partial charge in [-0.05, 0) is 28.1 Å². The molecular weight excluding hydrogens is 274 g/mol. The van der Waals surface area contributed by atoms with Crippen molar-refractivity contribution in [1.29, 1.82) is 0 Å². The van der Waals surface area contributed by atoms with Gasteiger partial charge in [-0.2, -0.15) is 0 Å². The molecule has 16 heavy (non-hydrogen) atoms. The van der Waals surface area contributed by atoms with Crippen molar-refractivity contribution < 1.29 is 9.59 Å². The van der Waals surface area contributed by atoms with Crippen LogP contribution in [0.15, 0.2) is 22.9 Å². The number of carbonyl (C=O) groups excluding carboxylic acids is 2. The summed E-state index contributed by atoms with van der Waals surface area (Å²) in [5, 5.41) is 5.11. The molecule has 0 unspecified atom stereocenters. The van der Waals surface area contributed by atoms with E-state index in [0.717, 1.165) is 0 Å². The van der Waals surface area contributed by atoms with Crippen LogP contribution in [0.25, 0.3) is 0 Å². The van der Waals surface area contributed by atoms with Gasteiger partial charge in [0.25, 0.3) is 5.91 Å². The van der Waals surface area contributed by atoms with E-state index in [0.29, 0.717) is 16.7 Å². The van der Waals surface area contributed by atoms with Crippen LogP contribution >= 0.6 is 15.9 Å². The van der Waals surface area contributed by atoms with Crippen LogP contribution in [0.4, 0.5) is 0 Å². The van der Waals surface area contributed by atoms with E-state index in [1.165, 1.54) is 6.20 Å². The first-order valence-corrected chi connectivity index (χ1v) is 5.53. The lowest BCUT2D eigenvalue weighted by molar-refractivity contribution is -0.120. The van der Waals surface area contributed by atoms with E-state index in [4.69, 9.17) is 0 Å². The number of halogens is 1. The molecule has 0 saturated carbocycles. The highest BCUT2D eigenvalue weighted by Crippen LogP contribution is 2.05. The largest absolute Gasteiger partial charge is 0.359 e. The lowest BCUT2D eigenvalue weighted by atomic mass is 10.2. The summed E-state index contributed by atoms with van der Waals surface area (Å²) < 4.78 is 0.675. The molecule has 1 aromatic heterocycles. The highest BCUT2D eigenvalue weighted by Gasteiger charge is 2.05. The molecule has 0 aliphatic carbocycles. The molecule has 86 valence electrons. The topological polar surface area (TPSA) is 71.1 Å². The summed E-state index contributed by atoms with van der Waals surface area (Å²) in [6.45, 7) is 0.314. The Balaban J connectivity index is 2.41. The van der Waals surface area contributed by atoms with Gasteiger partial charge in [0.1, 0.15) is 4.60 Å². The van der Waals surface area contributed by atoms with Gasteiger partial charge in [-0.3, -0.25) is 9.59 Å². The third-order valence-electron chi connectivity index (χ3n) is 1.91. The Morgan fingerprint density at radius 2 is 2.19 bits per heavy atom. The number of nitrogens with zero attached hydrogens (tertiary/aromatic N) is 1. The molecule has 2 amide bonds. The molecule has 6 heteroatoms. The summed E-state index contributed by atoms with van der Waals surface area (Å²) in [5.74, 6) is -0.335. The number of hydrogen-bond donors (Lipinski definition) is 2. The summed E-state index contributed by atoms with van der Waals surface area (Å²) in [7, 11) is 1.56. The van der Waals surface area contributed by atoms with Crippen LogP contribution in [0.5, 0.6) is 0 Å². The fourth-order valence-corrected chi connectivity index (χ4v) is 1.26. The Hall–Kier alpha value is -1.43. The molecule has 2 N–H and O–H groups in total. The first-order chi connectivity index (χ1) is 7.63. The van der Waals surface area contributed by atoms with E-state index >= 15 is 0 Å². The van der Waals surface area contributed by atoms with Gasteiger partial charge in [0.15, 0.2) is 0 Å². The van der Waals surface area contributed by atoms with Gasteiger partial charge >= 0.3 is 0 Å². The number of amides is 2. The minimum Gasteiger partial charge on any atom is -0.359 e. The van der Waals surface area contributed by atoms with Crippen molar-refractivity contribution in [2.24, 2.45) is 0 Å². The second kappa shape index (κ2) is 6.22. The van der Waals surface area contributed by atoms with Crippen molar-refractivity contribution in [3.8, 4) is 0 Å². The number of carbonyl (C=O) groups is 2. The summed E-state index contributed by atoms with van der Waals surface area (Å²) >= 11 is 3.18.